The number of hydrogen-bond donors (Lipinski definition) is 2. The van der Waals surface area contributed by atoms with Gasteiger partial charge in [0.2, 0.25) is 0 Å². The Morgan fingerprint density at radius 1 is 0.848 bits per heavy atom. The normalized spacial score (nSPS) is 21.3. The molecule has 4 aromatic rings. The van der Waals surface area contributed by atoms with Crippen molar-refractivity contribution >= 4 is 34.2 Å². The van der Waals surface area contributed by atoms with Crippen LogP contribution in [0.15, 0.2) is 71.1 Å². The standard InChI is InChI=1S/C28H22ClIO3/c29-17-4-1-3-16(11-17)26-9-10-27(33-26)22-13-20-15(12-24(22)31)7-8-19-18-5-2-6-23(30)21(18)14-25(32)28(19)20/h1-11,22,24-25,31-32H,12-14H2. The van der Waals surface area contributed by atoms with Crippen LogP contribution in [0.5, 0.6) is 0 Å². The molecule has 0 saturated carbocycles. The van der Waals surface area contributed by atoms with E-state index in [0.29, 0.717) is 24.3 Å². The molecule has 0 aliphatic heterocycles. The Bertz CT molecular complexity index is 1380. The van der Waals surface area contributed by atoms with Gasteiger partial charge < -0.3 is 14.6 Å². The van der Waals surface area contributed by atoms with Crippen molar-refractivity contribution in [2.45, 2.75) is 37.4 Å². The minimum Gasteiger partial charge on any atom is -0.461 e. The van der Waals surface area contributed by atoms with E-state index < -0.39 is 12.2 Å². The molecule has 0 bridgehead atoms. The van der Waals surface area contributed by atoms with Crippen molar-refractivity contribution in [2.24, 2.45) is 0 Å². The summed E-state index contributed by atoms with van der Waals surface area (Å²) in [5.74, 6) is 1.34. The first-order valence-electron chi connectivity index (χ1n) is 11.1. The van der Waals surface area contributed by atoms with E-state index in [1.807, 2.05) is 36.4 Å². The molecule has 6 rings (SSSR count). The molecule has 0 radical (unpaired) electrons. The number of rotatable bonds is 2. The maximum absolute atomic E-state index is 11.2. The van der Waals surface area contributed by atoms with Crippen LogP contribution in [0.25, 0.3) is 22.5 Å². The van der Waals surface area contributed by atoms with E-state index in [2.05, 4.69) is 52.9 Å². The lowest BCUT2D eigenvalue weighted by molar-refractivity contribution is 0.123. The highest BCUT2D eigenvalue weighted by Gasteiger charge is 2.36. The zero-order valence-corrected chi connectivity index (χ0v) is 20.7. The van der Waals surface area contributed by atoms with Gasteiger partial charge in [0, 0.05) is 26.5 Å². The summed E-state index contributed by atoms with van der Waals surface area (Å²) < 4.78 is 7.40. The predicted octanol–water partition coefficient (Wildman–Crippen LogP) is 6.70. The summed E-state index contributed by atoms with van der Waals surface area (Å²) in [6, 6.07) is 22.0. The molecule has 3 aromatic carbocycles. The van der Waals surface area contributed by atoms with Gasteiger partial charge >= 0.3 is 0 Å². The number of aliphatic hydroxyl groups is 2. The van der Waals surface area contributed by atoms with Crippen molar-refractivity contribution in [3.8, 4) is 22.5 Å². The van der Waals surface area contributed by atoms with E-state index in [-0.39, 0.29) is 5.92 Å². The Kier molecular flexibility index (Phi) is 5.37. The Labute approximate surface area is 211 Å². The van der Waals surface area contributed by atoms with Crippen LogP contribution in [0.3, 0.4) is 0 Å². The van der Waals surface area contributed by atoms with Crippen molar-refractivity contribution < 1.29 is 14.6 Å². The highest BCUT2D eigenvalue weighted by atomic mass is 127. The summed E-state index contributed by atoms with van der Waals surface area (Å²) in [6.07, 6.45) is 0.714. The number of fused-ring (bicyclic) bond motifs is 5. The van der Waals surface area contributed by atoms with E-state index >= 15 is 0 Å². The maximum Gasteiger partial charge on any atom is 0.134 e. The van der Waals surface area contributed by atoms with Crippen LogP contribution in [0.4, 0.5) is 0 Å². The topological polar surface area (TPSA) is 53.6 Å². The highest BCUT2D eigenvalue weighted by Crippen LogP contribution is 2.46. The van der Waals surface area contributed by atoms with Gasteiger partial charge in [-0.05, 0) is 99.1 Å². The molecule has 3 nitrogen and oxygen atoms in total. The molecule has 0 fully saturated rings. The molecule has 0 spiro atoms. The van der Waals surface area contributed by atoms with Crippen LogP contribution in [-0.4, -0.2) is 16.3 Å². The minimum absolute atomic E-state index is 0.165. The van der Waals surface area contributed by atoms with E-state index in [1.54, 1.807) is 0 Å². The van der Waals surface area contributed by atoms with Crippen LogP contribution in [0, 0.1) is 3.57 Å². The van der Waals surface area contributed by atoms with Crippen molar-refractivity contribution in [2.75, 3.05) is 0 Å². The first-order chi connectivity index (χ1) is 16.0. The third kappa shape index (κ3) is 3.64. The lowest BCUT2D eigenvalue weighted by Gasteiger charge is -2.34. The van der Waals surface area contributed by atoms with Crippen LogP contribution in [-0.2, 0) is 19.3 Å². The van der Waals surface area contributed by atoms with Gasteiger partial charge in [-0.1, -0.05) is 48.0 Å². The number of furan rings is 1. The van der Waals surface area contributed by atoms with E-state index in [1.165, 1.54) is 14.7 Å². The summed E-state index contributed by atoms with van der Waals surface area (Å²) >= 11 is 8.50. The molecule has 0 amide bonds. The van der Waals surface area contributed by atoms with Gasteiger partial charge in [0.25, 0.3) is 0 Å². The molecular weight excluding hydrogens is 547 g/mol. The van der Waals surface area contributed by atoms with Crippen LogP contribution in [0.1, 0.15) is 40.0 Å². The summed E-state index contributed by atoms with van der Waals surface area (Å²) in [4.78, 5) is 0. The Hall–Kier alpha value is -2.12. The molecule has 1 heterocycles. The molecule has 3 atom stereocenters. The fourth-order valence-electron chi connectivity index (χ4n) is 5.43. The van der Waals surface area contributed by atoms with Gasteiger partial charge in [0.15, 0.2) is 0 Å². The molecular formula is C28H22ClIO3. The SMILES string of the molecule is OC1Cc2c(I)cccc2-c2ccc3c(c21)CC(c1ccc(-c2cccc(Cl)c2)o1)C(O)C3. The van der Waals surface area contributed by atoms with E-state index in [9.17, 15) is 10.2 Å². The highest BCUT2D eigenvalue weighted by molar-refractivity contribution is 14.1. The molecule has 0 saturated heterocycles. The second-order valence-electron chi connectivity index (χ2n) is 8.94. The summed E-state index contributed by atoms with van der Waals surface area (Å²) in [5, 5.41) is 22.9. The fraction of sp³-hybridized carbons (Fsp3) is 0.214. The smallest absolute Gasteiger partial charge is 0.134 e. The molecule has 166 valence electrons. The zero-order chi connectivity index (χ0) is 22.7. The van der Waals surface area contributed by atoms with Crippen molar-refractivity contribution in [1.29, 1.82) is 0 Å². The molecule has 5 heteroatoms. The number of halogens is 2. The van der Waals surface area contributed by atoms with E-state index in [0.717, 1.165) is 39.3 Å². The quantitative estimate of drug-likeness (QED) is 0.265. The van der Waals surface area contributed by atoms with Crippen LogP contribution < -0.4 is 0 Å². The second kappa shape index (κ2) is 8.27. The fourth-order valence-corrected chi connectivity index (χ4v) is 6.34. The molecule has 33 heavy (non-hydrogen) atoms. The van der Waals surface area contributed by atoms with Gasteiger partial charge in [-0.2, -0.15) is 0 Å². The number of hydrogen-bond acceptors (Lipinski definition) is 3. The Morgan fingerprint density at radius 3 is 2.55 bits per heavy atom. The summed E-state index contributed by atoms with van der Waals surface area (Å²) in [6.45, 7) is 0. The van der Waals surface area contributed by atoms with E-state index in [4.69, 9.17) is 16.0 Å². The predicted molar refractivity (Wildman–Crippen MR) is 139 cm³/mol. The van der Waals surface area contributed by atoms with Gasteiger partial charge in [-0.25, -0.2) is 0 Å². The molecule has 2 aliphatic rings. The van der Waals surface area contributed by atoms with Gasteiger partial charge in [-0.3, -0.25) is 0 Å². The van der Waals surface area contributed by atoms with Crippen LogP contribution >= 0.6 is 34.2 Å². The third-order valence-electron chi connectivity index (χ3n) is 7.01. The Morgan fingerprint density at radius 2 is 1.70 bits per heavy atom. The molecule has 1 aromatic heterocycles. The average molecular weight is 569 g/mol. The lowest BCUT2D eigenvalue weighted by Crippen LogP contribution is -2.30. The third-order valence-corrected chi connectivity index (χ3v) is 8.26. The van der Waals surface area contributed by atoms with Crippen molar-refractivity contribution in [1.82, 2.24) is 0 Å². The van der Waals surface area contributed by atoms with Crippen molar-refractivity contribution in [3.63, 3.8) is 0 Å². The minimum atomic E-state index is -0.548. The maximum atomic E-state index is 11.2. The summed E-state index contributed by atoms with van der Waals surface area (Å²) in [7, 11) is 0. The Balaban J connectivity index is 1.41. The number of benzene rings is 3. The average Bonchev–Trinajstić information content (AvgIpc) is 3.29. The van der Waals surface area contributed by atoms with Gasteiger partial charge in [-0.15, -0.1) is 0 Å². The van der Waals surface area contributed by atoms with Gasteiger partial charge in [0.05, 0.1) is 12.2 Å². The van der Waals surface area contributed by atoms with Gasteiger partial charge in [0.1, 0.15) is 11.5 Å². The largest absolute Gasteiger partial charge is 0.461 e. The molecule has 2 aliphatic carbocycles. The first-order valence-corrected chi connectivity index (χ1v) is 12.6. The monoisotopic (exact) mass is 568 g/mol. The van der Waals surface area contributed by atoms with Crippen molar-refractivity contribution in [3.05, 3.63) is 103 Å². The second-order valence-corrected chi connectivity index (χ2v) is 10.5. The zero-order valence-electron chi connectivity index (χ0n) is 17.8. The lowest BCUT2D eigenvalue weighted by atomic mass is 9.73. The first kappa shape index (κ1) is 21.4. The summed E-state index contributed by atoms with van der Waals surface area (Å²) in [5.41, 5.74) is 7.72. The molecule has 3 unspecified atom stereocenters. The van der Waals surface area contributed by atoms with Crippen LogP contribution in [0.2, 0.25) is 5.02 Å². The molecule has 2 N–H and O–H groups in total. The number of aliphatic hydroxyl groups excluding tert-OH is 2.